The van der Waals surface area contributed by atoms with E-state index in [0.717, 1.165) is 12.0 Å². The van der Waals surface area contributed by atoms with Crippen molar-refractivity contribution < 1.29 is 9.53 Å². The van der Waals surface area contributed by atoms with Gasteiger partial charge in [0.2, 0.25) is 11.8 Å². The molecule has 0 aliphatic rings. The molecule has 0 aliphatic heterocycles. The van der Waals surface area contributed by atoms with E-state index in [0.29, 0.717) is 31.5 Å². The molecule has 1 heterocycles. The number of nitrogens with zero attached hydrogens (tertiary/aromatic N) is 3. The maximum absolute atomic E-state index is 11.6. The fourth-order valence-electron chi connectivity index (χ4n) is 1.70. The molecule has 24 heavy (non-hydrogen) atoms. The number of aromatic nitrogens is 1. The van der Waals surface area contributed by atoms with E-state index in [4.69, 9.17) is 4.74 Å². The number of carbonyl (C=O) groups excluding carboxylic acids is 1. The molecule has 0 aromatic carbocycles. The van der Waals surface area contributed by atoms with Gasteiger partial charge in [-0.15, -0.1) is 24.0 Å². The second-order valence-corrected chi connectivity index (χ2v) is 5.15. The molecule has 2 N–H and O–H groups in total. The lowest BCUT2D eigenvalue weighted by molar-refractivity contribution is -0.127. The summed E-state index contributed by atoms with van der Waals surface area (Å²) in [5.74, 6) is 1.19. The van der Waals surface area contributed by atoms with Crippen LogP contribution in [0.3, 0.4) is 0 Å². The Kier molecular flexibility index (Phi) is 12.0. The molecule has 1 amide bonds. The van der Waals surface area contributed by atoms with Crippen LogP contribution in [0.2, 0.25) is 0 Å². The second kappa shape index (κ2) is 12.8. The summed E-state index contributed by atoms with van der Waals surface area (Å²) >= 11 is 0. The van der Waals surface area contributed by atoms with E-state index in [1.807, 2.05) is 19.1 Å². The van der Waals surface area contributed by atoms with Crippen LogP contribution < -0.4 is 15.4 Å². The number of aliphatic imine (C=N–C) groups is 1. The third-order valence-electron chi connectivity index (χ3n) is 2.95. The minimum atomic E-state index is -0.0102. The number of rotatable bonds is 8. The second-order valence-electron chi connectivity index (χ2n) is 5.15. The third-order valence-corrected chi connectivity index (χ3v) is 2.95. The highest BCUT2D eigenvalue weighted by molar-refractivity contribution is 14.0. The van der Waals surface area contributed by atoms with Crippen LogP contribution in [0.1, 0.15) is 25.8 Å². The minimum absolute atomic E-state index is 0. The highest BCUT2D eigenvalue weighted by Crippen LogP contribution is 2.15. The van der Waals surface area contributed by atoms with Gasteiger partial charge in [0.1, 0.15) is 0 Å². The maximum Gasteiger partial charge on any atom is 0.241 e. The first-order chi connectivity index (χ1) is 11.1. The van der Waals surface area contributed by atoms with Gasteiger partial charge in [0.25, 0.3) is 0 Å². The van der Waals surface area contributed by atoms with E-state index in [2.05, 4.69) is 27.5 Å². The lowest BCUT2D eigenvalue weighted by Gasteiger charge is -2.14. The van der Waals surface area contributed by atoms with Crippen molar-refractivity contribution in [2.45, 2.75) is 26.8 Å². The third kappa shape index (κ3) is 8.32. The van der Waals surface area contributed by atoms with E-state index in [1.54, 1.807) is 20.3 Å². The van der Waals surface area contributed by atoms with E-state index in [-0.39, 0.29) is 36.4 Å². The summed E-state index contributed by atoms with van der Waals surface area (Å²) in [7, 11) is 3.45. The summed E-state index contributed by atoms with van der Waals surface area (Å²) in [5, 5.41) is 6.14. The number of amides is 1. The molecule has 0 saturated carbocycles. The molecule has 1 rings (SSSR count). The van der Waals surface area contributed by atoms with Crippen LogP contribution in [-0.4, -0.2) is 55.5 Å². The van der Waals surface area contributed by atoms with Gasteiger partial charge in [0, 0.05) is 32.4 Å². The van der Waals surface area contributed by atoms with Gasteiger partial charge in [-0.05, 0) is 19.4 Å². The van der Waals surface area contributed by atoms with Crippen LogP contribution >= 0.6 is 24.0 Å². The number of halogens is 1. The number of hydrogen-bond donors (Lipinski definition) is 2. The molecule has 8 heteroatoms. The van der Waals surface area contributed by atoms with Crippen molar-refractivity contribution in [3.63, 3.8) is 0 Å². The molecule has 1 aromatic rings. The monoisotopic (exact) mass is 449 g/mol. The summed E-state index contributed by atoms with van der Waals surface area (Å²) < 4.78 is 5.63. The van der Waals surface area contributed by atoms with E-state index < -0.39 is 0 Å². The van der Waals surface area contributed by atoms with E-state index in [1.165, 1.54) is 4.90 Å². The molecule has 136 valence electrons. The zero-order valence-corrected chi connectivity index (χ0v) is 17.2. The normalized spacial score (nSPS) is 10.6. The summed E-state index contributed by atoms with van der Waals surface area (Å²) in [6.07, 6.45) is 2.63. The molecule has 0 saturated heterocycles. The number of carbonyl (C=O) groups is 1. The molecule has 0 aliphatic carbocycles. The summed E-state index contributed by atoms with van der Waals surface area (Å²) in [5.41, 5.74) is 0.914. The van der Waals surface area contributed by atoms with Crippen LogP contribution in [0, 0.1) is 0 Å². The zero-order chi connectivity index (χ0) is 17.1. The van der Waals surface area contributed by atoms with Crippen molar-refractivity contribution in [1.29, 1.82) is 0 Å². The van der Waals surface area contributed by atoms with Crippen molar-refractivity contribution in [1.82, 2.24) is 20.5 Å². The Labute approximate surface area is 161 Å². The molecule has 0 bridgehead atoms. The lowest BCUT2D eigenvalue weighted by Crippen LogP contribution is -2.42. The number of guanidine groups is 1. The van der Waals surface area contributed by atoms with E-state index in [9.17, 15) is 4.79 Å². The largest absolute Gasteiger partial charge is 0.477 e. The maximum atomic E-state index is 11.6. The summed E-state index contributed by atoms with van der Waals surface area (Å²) in [4.78, 5) is 21.9. The molecule has 1 aromatic heterocycles. The summed E-state index contributed by atoms with van der Waals surface area (Å²) in [6.45, 7) is 6.00. The molecule has 0 atom stereocenters. The molecule has 7 nitrogen and oxygen atoms in total. The van der Waals surface area contributed by atoms with Gasteiger partial charge in [0.15, 0.2) is 5.96 Å². The zero-order valence-electron chi connectivity index (χ0n) is 14.8. The first kappa shape index (κ1) is 22.4. The highest BCUT2D eigenvalue weighted by Gasteiger charge is 2.07. The van der Waals surface area contributed by atoms with Gasteiger partial charge in [-0.25, -0.2) is 9.98 Å². The van der Waals surface area contributed by atoms with Crippen LogP contribution in [-0.2, 0) is 11.3 Å². The van der Waals surface area contributed by atoms with Gasteiger partial charge in [0.05, 0.1) is 19.7 Å². The van der Waals surface area contributed by atoms with Crippen molar-refractivity contribution in [2.75, 3.05) is 33.8 Å². The number of nitrogens with one attached hydrogen (secondary N) is 2. The van der Waals surface area contributed by atoms with Crippen LogP contribution in [0.5, 0.6) is 5.88 Å². The van der Waals surface area contributed by atoms with Crippen LogP contribution in [0.15, 0.2) is 23.3 Å². The minimum Gasteiger partial charge on any atom is -0.477 e. The molecule has 0 fully saturated rings. The van der Waals surface area contributed by atoms with Crippen molar-refractivity contribution >= 4 is 35.8 Å². The Morgan fingerprint density at radius 3 is 2.71 bits per heavy atom. The van der Waals surface area contributed by atoms with Crippen LogP contribution in [0.25, 0.3) is 0 Å². The lowest BCUT2D eigenvalue weighted by atomic mass is 10.3. The Bertz CT molecular complexity index is 523. The molecular weight excluding hydrogens is 421 g/mol. The quantitative estimate of drug-likeness (QED) is 0.359. The fourth-order valence-corrected chi connectivity index (χ4v) is 1.70. The molecule has 0 radical (unpaired) electrons. The van der Waals surface area contributed by atoms with Gasteiger partial charge in [-0.1, -0.05) is 13.0 Å². The first-order valence-electron chi connectivity index (χ1n) is 7.87. The number of hydrogen-bond acceptors (Lipinski definition) is 4. The predicted octanol–water partition coefficient (Wildman–Crippen LogP) is 1.63. The number of ether oxygens (including phenoxy) is 1. The van der Waals surface area contributed by atoms with Gasteiger partial charge in [-0.3, -0.25) is 4.79 Å². The van der Waals surface area contributed by atoms with Crippen LogP contribution in [0.4, 0.5) is 0 Å². The first-order valence-corrected chi connectivity index (χ1v) is 7.87. The average Bonchev–Trinajstić information content (AvgIpc) is 2.55. The smallest absolute Gasteiger partial charge is 0.241 e. The van der Waals surface area contributed by atoms with Gasteiger partial charge in [-0.2, -0.15) is 0 Å². The SMILES string of the molecule is CCCOc1ncccc1CN=C(NCC)NCC(=O)N(C)C.I. The van der Waals surface area contributed by atoms with Crippen molar-refractivity contribution in [3.05, 3.63) is 23.9 Å². The number of pyridine rings is 1. The fraction of sp³-hybridized carbons (Fsp3) is 0.562. The predicted molar refractivity (Wildman–Crippen MR) is 107 cm³/mol. The Morgan fingerprint density at radius 1 is 1.33 bits per heavy atom. The standard InChI is InChI=1S/C16H27N5O2.HI/c1-5-10-23-15-13(8-7-9-18-15)11-19-16(17-6-2)20-12-14(22)21(3)4;/h7-9H,5-6,10-12H2,1-4H3,(H2,17,19,20);1H. The molecular formula is C16H28IN5O2. The highest BCUT2D eigenvalue weighted by atomic mass is 127. The average molecular weight is 449 g/mol. The molecule has 0 unspecified atom stereocenters. The van der Waals surface area contributed by atoms with E-state index >= 15 is 0 Å². The van der Waals surface area contributed by atoms with Gasteiger partial charge >= 0.3 is 0 Å². The number of likely N-dealkylation sites (N-methyl/N-ethyl adjacent to an activating group) is 1. The summed E-state index contributed by atoms with van der Waals surface area (Å²) in [6, 6.07) is 3.80. The van der Waals surface area contributed by atoms with Crippen molar-refractivity contribution in [2.24, 2.45) is 4.99 Å². The topological polar surface area (TPSA) is 78.9 Å². The van der Waals surface area contributed by atoms with Crippen molar-refractivity contribution in [3.8, 4) is 5.88 Å². The Balaban J connectivity index is 0.00000529. The molecule has 0 spiro atoms. The Hall–Kier alpha value is -1.58. The Morgan fingerprint density at radius 2 is 2.08 bits per heavy atom. The van der Waals surface area contributed by atoms with Gasteiger partial charge < -0.3 is 20.3 Å².